The minimum atomic E-state index is -2.62. The average Bonchev–Trinajstić information content (AvgIpc) is 3.74. The number of halogens is 1. The topological polar surface area (TPSA) is 126 Å². The van der Waals surface area contributed by atoms with E-state index in [0.717, 1.165) is 22.3 Å². The second kappa shape index (κ2) is 18.0. The molecule has 0 radical (unpaired) electrons. The lowest BCUT2D eigenvalue weighted by atomic mass is 9.58. The molecule has 11 heteroatoms. The molecule has 0 fully saturated rings. The second-order valence-electron chi connectivity index (χ2n) is 16.6. The molecule has 0 saturated heterocycles. The summed E-state index contributed by atoms with van der Waals surface area (Å²) in [5.41, 5.74) is 1.01. The maximum atomic E-state index is 17.1. The highest BCUT2D eigenvalue weighted by Crippen LogP contribution is 2.57. The van der Waals surface area contributed by atoms with Gasteiger partial charge in [0.15, 0.2) is 22.9 Å². The predicted octanol–water partition coefficient (Wildman–Crippen LogP) is 9.71. The minimum Gasteiger partial charge on any atom is -0.508 e. The predicted molar refractivity (Wildman–Crippen MR) is 240 cm³/mol. The fourth-order valence-corrected chi connectivity index (χ4v) is 9.65. The number of nitrogens with zero attached hydrogens (tertiary/aromatic N) is 3. The van der Waals surface area contributed by atoms with E-state index in [0.29, 0.717) is 18.8 Å². The molecule has 3 aliphatic rings. The van der Waals surface area contributed by atoms with Crippen molar-refractivity contribution in [3.05, 3.63) is 215 Å². The average molecular weight is 858 g/mol. The first-order chi connectivity index (χ1) is 31.2. The van der Waals surface area contributed by atoms with Crippen LogP contribution in [0.1, 0.15) is 66.8 Å². The lowest BCUT2D eigenvalue weighted by Crippen LogP contribution is -2.60. The molecule has 4 atom stereocenters. The number of anilines is 1. The lowest BCUT2D eigenvalue weighted by Gasteiger charge is -2.50. The molecule has 0 saturated carbocycles. The molecular weight excluding hydrogens is 810 g/mol. The number of benzene rings is 5. The number of carbonyl (C=O) groups excluding carboxylic acids is 2. The van der Waals surface area contributed by atoms with E-state index in [1.54, 1.807) is 12.2 Å². The number of carbonyl (C=O) groups is 2. The van der Waals surface area contributed by atoms with E-state index in [-0.39, 0.29) is 78.8 Å². The molecule has 0 spiro atoms. The summed E-state index contributed by atoms with van der Waals surface area (Å²) >= 11 is 0. The molecule has 1 aromatic heterocycles. The Hall–Kier alpha value is -7.08. The summed E-state index contributed by atoms with van der Waals surface area (Å²) in [6, 6.07) is 38.8. The highest BCUT2D eigenvalue weighted by molar-refractivity contribution is 6.16. The molecule has 324 valence electrons. The molecule has 2 N–H and O–H groups in total. The van der Waals surface area contributed by atoms with Crippen LogP contribution in [0.5, 0.6) is 11.6 Å². The number of aromatic nitrogens is 1. The molecular formula is C53H48FN3O7. The van der Waals surface area contributed by atoms with Gasteiger partial charge in [-0.25, -0.2) is 4.39 Å². The van der Waals surface area contributed by atoms with Gasteiger partial charge in [0.2, 0.25) is 5.78 Å². The van der Waals surface area contributed by atoms with Gasteiger partial charge in [0.05, 0.1) is 17.3 Å². The van der Waals surface area contributed by atoms with Gasteiger partial charge >= 0.3 is 0 Å². The van der Waals surface area contributed by atoms with Crippen molar-refractivity contribution in [1.29, 1.82) is 0 Å². The van der Waals surface area contributed by atoms with Gasteiger partial charge < -0.3 is 29.1 Å². The number of Topliss-reactive ketones (excluding diaryl/α,β-unsaturated/α-hetero) is 2. The standard InChI is InChI=1S/C53H48FN3O7/c1-3-25-56(26-4-2)46-40-28-38-27-39-41(54)29-42(57(30-34-17-9-5-10-18-34)31-35-19-11-6-12-20-35)48(62-32-36-21-13-7-14-22-36)44(39)47(58)43(38)50(59)53(40,61)51(60)45-49(46)64-55-52(45)63-33-37-23-15-8-16-24-37/h3-24,29,38,40,46,59,61H,1-2,25-28,30-33H2/t38-,40-,46-,53-/m0/s1. The monoisotopic (exact) mass is 857 g/mol. The second-order valence-corrected chi connectivity index (χ2v) is 16.6. The smallest absolute Gasteiger partial charge is 0.265 e. The van der Waals surface area contributed by atoms with Gasteiger partial charge in [-0.05, 0) is 46.2 Å². The largest absolute Gasteiger partial charge is 0.508 e. The zero-order valence-electron chi connectivity index (χ0n) is 35.2. The molecule has 0 aliphatic heterocycles. The third-order valence-electron chi connectivity index (χ3n) is 12.6. The molecule has 3 aliphatic carbocycles. The van der Waals surface area contributed by atoms with E-state index < -0.39 is 46.6 Å². The Kier molecular flexibility index (Phi) is 11.8. The molecule has 64 heavy (non-hydrogen) atoms. The summed E-state index contributed by atoms with van der Waals surface area (Å²) < 4.78 is 35.8. The first-order valence-corrected chi connectivity index (χ1v) is 21.4. The van der Waals surface area contributed by atoms with E-state index in [9.17, 15) is 15.0 Å². The van der Waals surface area contributed by atoms with Crippen LogP contribution in [0.25, 0.3) is 0 Å². The van der Waals surface area contributed by atoms with Crippen molar-refractivity contribution < 1.29 is 38.2 Å². The van der Waals surface area contributed by atoms with E-state index in [4.69, 9.17) is 14.0 Å². The number of aliphatic hydroxyl groups excluding tert-OH is 1. The zero-order chi connectivity index (χ0) is 44.4. The first-order valence-electron chi connectivity index (χ1n) is 21.4. The molecule has 6 aromatic rings. The maximum absolute atomic E-state index is 17.1. The Balaban J connectivity index is 1.19. The molecule has 9 rings (SSSR count). The molecule has 0 bridgehead atoms. The summed E-state index contributed by atoms with van der Waals surface area (Å²) in [6.45, 7) is 9.22. The van der Waals surface area contributed by atoms with Gasteiger partial charge in [0.25, 0.3) is 5.88 Å². The fraction of sp³-hybridized carbons (Fsp3) is 0.226. The van der Waals surface area contributed by atoms with Crippen molar-refractivity contribution >= 4 is 17.3 Å². The van der Waals surface area contributed by atoms with E-state index in [1.807, 2.05) is 131 Å². The molecule has 0 unspecified atom stereocenters. The quantitative estimate of drug-likeness (QED) is 0.0910. The number of hydrogen-bond donors (Lipinski definition) is 2. The zero-order valence-corrected chi connectivity index (χ0v) is 35.2. The van der Waals surface area contributed by atoms with Crippen LogP contribution in [-0.4, -0.2) is 50.5 Å². The van der Waals surface area contributed by atoms with Gasteiger partial charge in [-0.3, -0.25) is 14.5 Å². The van der Waals surface area contributed by atoms with Crippen molar-refractivity contribution in [2.24, 2.45) is 11.8 Å². The number of allylic oxidation sites excluding steroid dienone is 1. The third-order valence-corrected chi connectivity index (χ3v) is 12.6. The Labute approximate surface area is 371 Å². The van der Waals surface area contributed by atoms with Crippen molar-refractivity contribution in [1.82, 2.24) is 10.1 Å². The fourth-order valence-electron chi connectivity index (χ4n) is 9.65. The normalized spacial score (nSPS) is 19.9. The Morgan fingerprint density at radius 1 is 0.781 bits per heavy atom. The van der Waals surface area contributed by atoms with Crippen LogP contribution < -0.4 is 14.4 Å². The van der Waals surface area contributed by atoms with Crippen LogP contribution in [0.15, 0.2) is 169 Å². The Bertz CT molecular complexity index is 2670. The SMILES string of the molecule is C=CCN(CC=C)[C@@H]1c2onc(OCc3ccccc3)c2C(=O)[C@@]2(O)C(O)=C3C(=O)c4c(c(F)cc(N(Cc5ccccc5)Cc5ccccc5)c4OCc4ccccc4)C[C@H]3C[C@@H]12. The van der Waals surface area contributed by atoms with Gasteiger partial charge in [0, 0.05) is 49.3 Å². The number of fused-ring (bicyclic) bond motifs is 4. The van der Waals surface area contributed by atoms with Crippen LogP contribution in [0.3, 0.4) is 0 Å². The summed E-state index contributed by atoms with van der Waals surface area (Å²) in [7, 11) is 0. The number of ether oxygens (including phenoxy) is 2. The maximum Gasteiger partial charge on any atom is 0.265 e. The summed E-state index contributed by atoms with van der Waals surface area (Å²) in [5, 5.41) is 29.7. The summed E-state index contributed by atoms with van der Waals surface area (Å²) in [6.07, 6.45) is 3.35. The lowest BCUT2D eigenvalue weighted by molar-refractivity contribution is -0.0602. The van der Waals surface area contributed by atoms with Gasteiger partial charge in [-0.15, -0.1) is 13.2 Å². The van der Waals surface area contributed by atoms with Crippen molar-refractivity contribution in [3.63, 3.8) is 0 Å². The Morgan fingerprint density at radius 2 is 1.31 bits per heavy atom. The van der Waals surface area contributed by atoms with E-state index in [2.05, 4.69) is 18.3 Å². The van der Waals surface area contributed by atoms with Crippen molar-refractivity contribution in [2.75, 3.05) is 18.0 Å². The highest BCUT2D eigenvalue weighted by Gasteiger charge is 2.64. The number of ketones is 2. The van der Waals surface area contributed by atoms with Gasteiger partial charge in [0.1, 0.15) is 30.4 Å². The number of rotatable bonds is 16. The van der Waals surface area contributed by atoms with E-state index in [1.165, 1.54) is 6.07 Å². The van der Waals surface area contributed by atoms with Gasteiger partial charge in [-0.1, -0.05) is 133 Å². The molecule has 10 nitrogen and oxygen atoms in total. The summed E-state index contributed by atoms with van der Waals surface area (Å²) in [5.74, 6) is -4.76. The van der Waals surface area contributed by atoms with Crippen LogP contribution in [-0.2, 0) is 32.7 Å². The van der Waals surface area contributed by atoms with Crippen molar-refractivity contribution in [3.8, 4) is 11.6 Å². The van der Waals surface area contributed by atoms with E-state index >= 15 is 9.18 Å². The molecule has 1 heterocycles. The minimum absolute atomic E-state index is 0.0121. The number of hydrogen-bond acceptors (Lipinski definition) is 10. The first kappa shape index (κ1) is 42.2. The van der Waals surface area contributed by atoms with Crippen molar-refractivity contribution in [2.45, 2.75) is 50.8 Å². The molecule has 0 amide bonds. The Morgan fingerprint density at radius 3 is 1.86 bits per heavy atom. The molecule has 5 aromatic carbocycles. The third kappa shape index (κ3) is 7.71. The number of aliphatic hydroxyl groups is 2. The van der Waals surface area contributed by atoms with Crippen LogP contribution in [0.2, 0.25) is 0 Å². The summed E-state index contributed by atoms with van der Waals surface area (Å²) in [4.78, 5) is 34.3. The van der Waals surface area contributed by atoms with Crippen LogP contribution in [0, 0.1) is 17.7 Å². The van der Waals surface area contributed by atoms with Gasteiger partial charge in [-0.2, -0.15) is 0 Å². The van der Waals surface area contributed by atoms with Crippen LogP contribution in [0.4, 0.5) is 10.1 Å². The highest BCUT2D eigenvalue weighted by atomic mass is 19.1. The van der Waals surface area contributed by atoms with Crippen LogP contribution >= 0.6 is 0 Å².